The number of amides is 1. The Kier molecular flexibility index (Phi) is 5.88. The van der Waals surface area contributed by atoms with Crippen LogP contribution in [0.25, 0.3) is 0 Å². The van der Waals surface area contributed by atoms with Gasteiger partial charge in [-0.15, -0.1) is 0 Å². The van der Waals surface area contributed by atoms with Crippen molar-refractivity contribution in [3.63, 3.8) is 0 Å². The van der Waals surface area contributed by atoms with Crippen molar-refractivity contribution in [3.05, 3.63) is 0 Å². The Hall–Kier alpha value is -0.650. The van der Waals surface area contributed by atoms with Gasteiger partial charge in [-0.05, 0) is 20.9 Å². The summed E-state index contributed by atoms with van der Waals surface area (Å²) in [6, 6.07) is 0.433. The van der Waals surface area contributed by atoms with Gasteiger partial charge in [0.25, 0.3) is 0 Å². The van der Waals surface area contributed by atoms with Crippen LogP contribution in [0.3, 0.4) is 0 Å². The summed E-state index contributed by atoms with van der Waals surface area (Å²) in [5, 5.41) is 0. The molecule has 0 N–H and O–H groups in total. The molecule has 0 spiro atoms. The first-order valence-corrected chi connectivity index (χ1v) is 6.12. The first kappa shape index (κ1) is 14.4. The fourth-order valence-corrected chi connectivity index (χ4v) is 1.80. The van der Waals surface area contributed by atoms with Crippen LogP contribution in [0.1, 0.15) is 13.8 Å². The Morgan fingerprint density at radius 2 is 2.29 bits per heavy atom. The number of nitrogens with zero attached hydrogens (tertiary/aromatic N) is 2. The van der Waals surface area contributed by atoms with Crippen molar-refractivity contribution in [1.82, 2.24) is 9.80 Å². The maximum atomic E-state index is 12.2. The Labute approximate surface area is 104 Å². The largest absolute Gasteiger partial charge is 0.382 e. The minimum Gasteiger partial charge on any atom is -0.382 e. The minimum atomic E-state index is 0.0572. The molecule has 1 saturated heterocycles. The van der Waals surface area contributed by atoms with Gasteiger partial charge in [-0.25, -0.2) is 0 Å². The third-order valence-corrected chi connectivity index (χ3v) is 3.17. The van der Waals surface area contributed by atoms with Crippen LogP contribution in [0.4, 0.5) is 0 Å². The monoisotopic (exact) mass is 244 g/mol. The van der Waals surface area contributed by atoms with E-state index in [1.165, 1.54) is 0 Å². The highest BCUT2D eigenvalue weighted by molar-refractivity contribution is 5.78. The molecule has 0 aromatic rings. The highest BCUT2D eigenvalue weighted by Crippen LogP contribution is 2.08. The summed E-state index contributed by atoms with van der Waals surface area (Å²) in [6.07, 6.45) is 0. The van der Waals surface area contributed by atoms with E-state index in [2.05, 4.69) is 13.8 Å². The number of methoxy groups -OCH3 is 1. The van der Waals surface area contributed by atoms with Crippen molar-refractivity contribution in [2.45, 2.75) is 25.9 Å². The second-order valence-electron chi connectivity index (χ2n) is 4.78. The number of hydrogen-bond donors (Lipinski definition) is 0. The van der Waals surface area contributed by atoms with Crippen LogP contribution in [0.2, 0.25) is 0 Å². The van der Waals surface area contributed by atoms with Crippen molar-refractivity contribution in [1.29, 1.82) is 0 Å². The molecule has 1 aliphatic rings. The molecule has 1 amide bonds. The molecular weight excluding hydrogens is 220 g/mol. The molecule has 17 heavy (non-hydrogen) atoms. The van der Waals surface area contributed by atoms with Crippen molar-refractivity contribution < 1.29 is 14.3 Å². The number of carbonyl (C=O) groups is 1. The number of hydrogen-bond acceptors (Lipinski definition) is 4. The predicted molar refractivity (Wildman–Crippen MR) is 66.0 cm³/mol. The van der Waals surface area contributed by atoms with Gasteiger partial charge in [0.15, 0.2) is 0 Å². The zero-order valence-corrected chi connectivity index (χ0v) is 11.3. The third-order valence-electron chi connectivity index (χ3n) is 3.17. The van der Waals surface area contributed by atoms with Gasteiger partial charge in [-0.3, -0.25) is 9.69 Å². The Balaban J connectivity index is 2.52. The molecule has 0 radical (unpaired) electrons. The number of carbonyl (C=O) groups excluding carboxylic acids is 1. The fraction of sp³-hybridized carbons (Fsp3) is 0.917. The van der Waals surface area contributed by atoms with Crippen LogP contribution >= 0.6 is 0 Å². The SMILES string of the molecule is COC[C@H]1COCCN1C(=O)CN(C)C(C)C. The second kappa shape index (κ2) is 6.93. The summed E-state index contributed by atoms with van der Waals surface area (Å²) in [5.41, 5.74) is 0. The smallest absolute Gasteiger partial charge is 0.237 e. The maximum Gasteiger partial charge on any atom is 0.237 e. The quantitative estimate of drug-likeness (QED) is 0.693. The summed E-state index contributed by atoms with van der Waals surface area (Å²) in [4.78, 5) is 16.1. The average molecular weight is 244 g/mol. The first-order chi connectivity index (χ1) is 8.06. The Morgan fingerprint density at radius 1 is 1.59 bits per heavy atom. The molecule has 0 saturated carbocycles. The molecule has 1 atom stereocenters. The minimum absolute atomic E-state index is 0.0572. The topological polar surface area (TPSA) is 42.0 Å². The molecule has 0 unspecified atom stereocenters. The summed E-state index contributed by atoms with van der Waals surface area (Å²) in [6.45, 7) is 7.02. The number of morpholine rings is 1. The molecule has 0 aliphatic carbocycles. The second-order valence-corrected chi connectivity index (χ2v) is 4.78. The lowest BCUT2D eigenvalue weighted by molar-refractivity contribution is -0.143. The molecule has 0 bridgehead atoms. The highest BCUT2D eigenvalue weighted by Gasteiger charge is 2.27. The van der Waals surface area contributed by atoms with E-state index >= 15 is 0 Å². The van der Waals surface area contributed by atoms with Crippen LogP contribution in [-0.2, 0) is 14.3 Å². The number of rotatable bonds is 5. The van der Waals surface area contributed by atoms with Gasteiger partial charge in [-0.2, -0.15) is 0 Å². The van der Waals surface area contributed by atoms with Gasteiger partial charge in [-0.1, -0.05) is 0 Å². The molecule has 5 nitrogen and oxygen atoms in total. The molecule has 1 fully saturated rings. The predicted octanol–water partition coefficient (Wildman–Crippen LogP) is 0.200. The lowest BCUT2D eigenvalue weighted by atomic mass is 10.2. The summed E-state index contributed by atoms with van der Waals surface area (Å²) in [7, 11) is 3.62. The molecule has 1 aliphatic heterocycles. The summed E-state index contributed by atoms with van der Waals surface area (Å²) >= 11 is 0. The first-order valence-electron chi connectivity index (χ1n) is 6.12. The van der Waals surface area contributed by atoms with Gasteiger partial charge in [0.1, 0.15) is 0 Å². The molecular formula is C12H24N2O3. The van der Waals surface area contributed by atoms with Crippen molar-refractivity contribution in [2.24, 2.45) is 0 Å². The van der Waals surface area contributed by atoms with E-state index in [0.717, 1.165) is 0 Å². The zero-order chi connectivity index (χ0) is 12.8. The van der Waals surface area contributed by atoms with E-state index in [1.54, 1.807) is 7.11 Å². The summed E-state index contributed by atoms with van der Waals surface area (Å²) in [5.74, 6) is 0.159. The van der Waals surface area contributed by atoms with Crippen LogP contribution in [-0.4, -0.2) is 74.9 Å². The average Bonchev–Trinajstić information content (AvgIpc) is 2.29. The van der Waals surface area contributed by atoms with Crippen molar-refractivity contribution in [3.8, 4) is 0 Å². The Morgan fingerprint density at radius 3 is 2.88 bits per heavy atom. The lowest BCUT2D eigenvalue weighted by Crippen LogP contribution is -2.53. The van der Waals surface area contributed by atoms with Crippen LogP contribution < -0.4 is 0 Å². The van der Waals surface area contributed by atoms with Crippen LogP contribution in [0, 0.1) is 0 Å². The third kappa shape index (κ3) is 4.26. The molecule has 1 heterocycles. The van der Waals surface area contributed by atoms with E-state index in [-0.39, 0.29) is 11.9 Å². The highest BCUT2D eigenvalue weighted by atomic mass is 16.5. The standard InChI is InChI=1S/C12H24N2O3/c1-10(2)13(3)7-12(15)14-5-6-17-9-11(14)8-16-4/h10-11H,5-9H2,1-4H3/t11-/m0/s1. The molecule has 5 heteroatoms. The molecule has 0 aromatic carbocycles. The Bertz CT molecular complexity index is 244. The van der Waals surface area contributed by atoms with Crippen LogP contribution in [0.15, 0.2) is 0 Å². The van der Waals surface area contributed by atoms with Gasteiger partial charge >= 0.3 is 0 Å². The van der Waals surface area contributed by atoms with Crippen LogP contribution in [0.5, 0.6) is 0 Å². The molecule has 0 aromatic heterocycles. The van der Waals surface area contributed by atoms with E-state index in [0.29, 0.717) is 39.0 Å². The fourth-order valence-electron chi connectivity index (χ4n) is 1.80. The van der Waals surface area contributed by atoms with Gasteiger partial charge in [0.2, 0.25) is 5.91 Å². The lowest BCUT2D eigenvalue weighted by Gasteiger charge is -2.36. The van der Waals surface area contributed by atoms with E-state index < -0.39 is 0 Å². The van der Waals surface area contributed by atoms with Gasteiger partial charge in [0, 0.05) is 19.7 Å². The number of ether oxygens (including phenoxy) is 2. The van der Waals surface area contributed by atoms with Gasteiger partial charge < -0.3 is 14.4 Å². The molecule has 1 rings (SSSR count). The van der Waals surface area contributed by atoms with E-state index in [9.17, 15) is 4.79 Å². The van der Waals surface area contributed by atoms with Gasteiger partial charge in [0.05, 0.1) is 32.4 Å². The zero-order valence-electron chi connectivity index (χ0n) is 11.3. The van der Waals surface area contributed by atoms with Crippen molar-refractivity contribution >= 4 is 5.91 Å². The molecule has 100 valence electrons. The summed E-state index contributed by atoms with van der Waals surface area (Å²) < 4.78 is 10.5. The number of likely N-dealkylation sites (N-methyl/N-ethyl adjacent to an activating group) is 1. The van der Waals surface area contributed by atoms with E-state index in [1.807, 2.05) is 16.8 Å². The van der Waals surface area contributed by atoms with E-state index in [4.69, 9.17) is 9.47 Å². The normalized spacial score (nSPS) is 21.3. The van der Waals surface area contributed by atoms with Crippen molar-refractivity contribution in [2.75, 3.05) is 47.1 Å². The maximum absolute atomic E-state index is 12.2.